The molecule has 0 saturated carbocycles. The second kappa shape index (κ2) is 9.61. The molecule has 1 aliphatic rings. The lowest BCUT2D eigenvalue weighted by atomic mass is 10.0. The molecule has 134 valence electrons. The van der Waals surface area contributed by atoms with Gasteiger partial charge in [0, 0.05) is 24.3 Å². The van der Waals surface area contributed by atoms with Gasteiger partial charge in [0.2, 0.25) is 5.91 Å². The molecule has 0 aliphatic carbocycles. The zero-order valence-corrected chi connectivity index (χ0v) is 15.0. The number of rotatable bonds is 5. The molecule has 1 saturated heterocycles. The Morgan fingerprint density at radius 3 is 2.62 bits per heavy atom. The second-order valence-electron chi connectivity index (χ2n) is 5.77. The fourth-order valence-corrected chi connectivity index (χ4v) is 2.61. The van der Waals surface area contributed by atoms with Crippen molar-refractivity contribution in [1.29, 1.82) is 0 Å². The minimum atomic E-state index is -0.530. The fourth-order valence-electron chi connectivity index (χ4n) is 2.61. The van der Waals surface area contributed by atoms with Crippen molar-refractivity contribution in [3.05, 3.63) is 29.3 Å². The molecule has 1 atom stereocenters. The number of hydrogen-bond donors (Lipinski definition) is 2. The van der Waals surface area contributed by atoms with Gasteiger partial charge < -0.3 is 20.7 Å². The number of benzene rings is 1. The lowest BCUT2D eigenvalue weighted by Crippen LogP contribution is -2.41. The third kappa shape index (κ3) is 4.93. The molecular weight excluding hydrogens is 330 g/mol. The maximum atomic E-state index is 12.6. The summed E-state index contributed by atoms with van der Waals surface area (Å²) < 4.78 is 5.28. The molecule has 24 heavy (non-hydrogen) atoms. The van der Waals surface area contributed by atoms with Crippen molar-refractivity contribution in [2.24, 2.45) is 5.73 Å². The van der Waals surface area contributed by atoms with Crippen molar-refractivity contribution in [1.82, 2.24) is 4.90 Å². The van der Waals surface area contributed by atoms with E-state index < -0.39 is 6.04 Å². The topological polar surface area (TPSA) is 84.7 Å². The van der Waals surface area contributed by atoms with E-state index in [-0.39, 0.29) is 24.2 Å². The van der Waals surface area contributed by atoms with Crippen LogP contribution >= 0.6 is 12.4 Å². The van der Waals surface area contributed by atoms with E-state index in [1.165, 1.54) is 0 Å². The summed E-state index contributed by atoms with van der Waals surface area (Å²) >= 11 is 0. The largest absolute Gasteiger partial charge is 0.378 e. The molecule has 2 rings (SSSR count). The third-order valence-corrected chi connectivity index (χ3v) is 4.06. The smallest absolute Gasteiger partial charge is 0.254 e. The summed E-state index contributed by atoms with van der Waals surface area (Å²) in [5, 5.41) is 2.83. The zero-order valence-electron chi connectivity index (χ0n) is 14.2. The van der Waals surface area contributed by atoms with Gasteiger partial charge in [0.05, 0.1) is 19.3 Å². The van der Waals surface area contributed by atoms with Crippen LogP contribution in [0.4, 0.5) is 5.69 Å². The molecule has 1 heterocycles. The molecule has 1 unspecified atom stereocenters. The predicted octanol–water partition coefficient (Wildman–Crippen LogP) is 1.96. The van der Waals surface area contributed by atoms with Crippen molar-refractivity contribution >= 4 is 29.9 Å². The van der Waals surface area contributed by atoms with Crippen molar-refractivity contribution in [3.8, 4) is 0 Å². The first-order chi connectivity index (χ1) is 11.0. The monoisotopic (exact) mass is 355 g/mol. The molecule has 2 amide bonds. The number of anilines is 1. The minimum Gasteiger partial charge on any atom is -0.378 e. The van der Waals surface area contributed by atoms with Crippen molar-refractivity contribution in [3.63, 3.8) is 0 Å². The Balaban J connectivity index is 0.00000288. The second-order valence-corrected chi connectivity index (χ2v) is 5.77. The van der Waals surface area contributed by atoms with Gasteiger partial charge >= 0.3 is 0 Å². The highest BCUT2D eigenvalue weighted by molar-refractivity contribution is 6.00. The van der Waals surface area contributed by atoms with Gasteiger partial charge in [0.25, 0.3) is 5.91 Å². The summed E-state index contributed by atoms with van der Waals surface area (Å²) in [4.78, 5) is 26.5. The van der Waals surface area contributed by atoms with Crippen LogP contribution in [0.15, 0.2) is 18.2 Å². The minimum absolute atomic E-state index is 0. The highest BCUT2D eigenvalue weighted by atomic mass is 35.5. The number of morpholine rings is 1. The zero-order chi connectivity index (χ0) is 16.8. The molecule has 0 spiro atoms. The normalized spacial score (nSPS) is 15.4. The van der Waals surface area contributed by atoms with E-state index >= 15 is 0 Å². The Hall–Kier alpha value is -1.63. The van der Waals surface area contributed by atoms with E-state index in [1.807, 2.05) is 13.8 Å². The highest BCUT2D eigenvalue weighted by Crippen LogP contribution is 2.21. The molecule has 1 aromatic rings. The van der Waals surface area contributed by atoms with E-state index in [1.54, 1.807) is 23.1 Å². The molecule has 1 aliphatic heterocycles. The van der Waals surface area contributed by atoms with Crippen LogP contribution in [-0.2, 0) is 9.53 Å². The fraction of sp³-hybridized carbons (Fsp3) is 0.529. The lowest BCUT2D eigenvalue weighted by molar-refractivity contribution is -0.117. The first-order valence-electron chi connectivity index (χ1n) is 8.07. The molecule has 0 aromatic heterocycles. The number of hydrogen-bond acceptors (Lipinski definition) is 4. The lowest BCUT2D eigenvalue weighted by Gasteiger charge is -2.27. The van der Waals surface area contributed by atoms with Gasteiger partial charge in [-0.15, -0.1) is 12.4 Å². The van der Waals surface area contributed by atoms with E-state index in [0.717, 1.165) is 12.0 Å². The molecular formula is C17H26ClN3O3. The summed E-state index contributed by atoms with van der Waals surface area (Å²) in [5.41, 5.74) is 7.85. The Kier molecular flexibility index (Phi) is 8.18. The summed E-state index contributed by atoms with van der Waals surface area (Å²) in [6.07, 6.45) is 1.49. The van der Waals surface area contributed by atoms with Crippen LogP contribution in [0.1, 0.15) is 35.7 Å². The maximum Gasteiger partial charge on any atom is 0.254 e. The number of carbonyl (C=O) groups is 2. The third-order valence-electron chi connectivity index (χ3n) is 4.06. The van der Waals surface area contributed by atoms with Gasteiger partial charge in [0.1, 0.15) is 0 Å². The van der Waals surface area contributed by atoms with Crippen LogP contribution in [0.3, 0.4) is 0 Å². The van der Waals surface area contributed by atoms with Crippen LogP contribution < -0.4 is 11.1 Å². The summed E-state index contributed by atoms with van der Waals surface area (Å²) in [6, 6.07) is 4.83. The molecule has 0 radical (unpaired) electrons. The number of carbonyl (C=O) groups excluding carboxylic acids is 2. The van der Waals surface area contributed by atoms with E-state index in [4.69, 9.17) is 10.5 Å². The Bertz CT molecular complexity index is 574. The van der Waals surface area contributed by atoms with Gasteiger partial charge in [0.15, 0.2) is 0 Å². The number of nitrogens with zero attached hydrogens (tertiary/aromatic N) is 1. The molecule has 1 fully saturated rings. The van der Waals surface area contributed by atoms with Gasteiger partial charge in [-0.1, -0.05) is 19.4 Å². The van der Waals surface area contributed by atoms with Crippen molar-refractivity contribution in [2.45, 2.75) is 32.7 Å². The maximum absolute atomic E-state index is 12.6. The summed E-state index contributed by atoms with van der Waals surface area (Å²) in [5.74, 6) is -0.245. The van der Waals surface area contributed by atoms with Gasteiger partial charge in [-0.2, -0.15) is 0 Å². The first kappa shape index (κ1) is 20.4. The van der Waals surface area contributed by atoms with Crippen LogP contribution in [0.25, 0.3) is 0 Å². The standard InChI is InChI=1S/C17H25N3O3.ClH/c1-3-5-14(18)16(21)19-15-7-4-6-13(12(15)2)17(22)20-8-10-23-11-9-20;/h4,6-7,14H,3,5,8-11,18H2,1-2H3,(H,19,21);1H. The van der Waals surface area contributed by atoms with Gasteiger partial charge in [-0.25, -0.2) is 0 Å². The number of halogens is 1. The molecule has 1 aromatic carbocycles. The van der Waals surface area contributed by atoms with E-state index in [2.05, 4.69) is 5.32 Å². The molecule has 3 N–H and O–H groups in total. The van der Waals surface area contributed by atoms with Crippen LogP contribution in [0.5, 0.6) is 0 Å². The van der Waals surface area contributed by atoms with E-state index in [9.17, 15) is 9.59 Å². The highest BCUT2D eigenvalue weighted by Gasteiger charge is 2.21. The first-order valence-corrected chi connectivity index (χ1v) is 8.07. The Morgan fingerprint density at radius 2 is 2.00 bits per heavy atom. The number of amides is 2. The summed E-state index contributed by atoms with van der Waals surface area (Å²) in [6.45, 7) is 6.14. The number of nitrogens with two attached hydrogens (primary N) is 1. The van der Waals surface area contributed by atoms with E-state index in [0.29, 0.717) is 44.0 Å². The Labute approximate surface area is 149 Å². The van der Waals surface area contributed by atoms with Crippen LogP contribution in [0, 0.1) is 6.92 Å². The predicted molar refractivity (Wildman–Crippen MR) is 96.7 cm³/mol. The Morgan fingerprint density at radius 1 is 1.33 bits per heavy atom. The average Bonchev–Trinajstić information content (AvgIpc) is 2.57. The average molecular weight is 356 g/mol. The molecule has 6 nitrogen and oxygen atoms in total. The summed E-state index contributed by atoms with van der Waals surface area (Å²) in [7, 11) is 0. The van der Waals surface area contributed by atoms with Crippen LogP contribution in [-0.4, -0.2) is 49.1 Å². The van der Waals surface area contributed by atoms with Gasteiger partial charge in [-0.05, 0) is 31.0 Å². The van der Waals surface area contributed by atoms with Gasteiger partial charge in [-0.3, -0.25) is 9.59 Å². The number of nitrogens with one attached hydrogen (secondary N) is 1. The number of ether oxygens (including phenoxy) is 1. The van der Waals surface area contributed by atoms with Crippen LogP contribution in [0.2, 0.25) is 0 Å². The SMILES string of the molecule is CCCC(N)C(=O)Nc1cccc(C(=O)N2CCOCC2)c1C.Cl. The van der Waals surface area contributed by atoms with Crippen molar-refractivity contribution < 1.29 is 14.3 Å². The quantitative estimate of drug-likeness (QED) is 0.845. The van der Waals surface area contributed by atoms with Crippen molar-refractivity contribution in [2.75, 3.05) is 31.6 Å². The molecule has 7 heteroatoms. The molecule has 0 bridgehead atoms.